The van der Waals surface area contributed by atoms with E-state index in [1.54, 1.807) is 0 Å². The van der Waals surface area contributed by atoms with Crippen molar-refractivity contribution < 1.29 is 19.4 Å². The predicted octanol–water partition coefficient (Wildman–Crippen LogP) is -0.634. The van der Waals surface area contributed by atoms with E-state index in [-0.39, 0.29) is 6.42 Å². The Morgan fingerprint density at radius 2 is 2.25 bits per heavy atom. The molecule has 5 nitrogen and oxygen atoms in total. The maximum atomic E-state index is 11.1. The van der Waals surface area contributed by atoms with E-state index in [0.717, 1.165) is 0 Å². The van der Waals surface area contributed by atoms with Crippen LogP contribution in [0.4, 0.5) is 0 Å². The first-order valence-corrected chi connectivity index (χ1v) is 3.66. The summed E-state index contributed by atoms with van der Waals surface area (Å²) in [5.41, 5.74) is -0.958. The van der Waals surface area contributed by atoms with Gasteiger partial charge in [-0.15, -0.1) is 0 Å². The molecule has 0 radical (unpaired) electrons. The summed E-state index contributed by atoms with van der Waals surface area (Å²) in [6.07, 6.45) is 0.325. The largest absolute Gasteiger partial charge is 0.481 e. The monoisotopic (exact) mass is 173 g/mol. The molecule has 0 saturated carbocycles. The Labute approximate surface area is 69.7 Å². The van der Waals surface area contributed by atoms with Crippen LogP contribution in [0.5, 0.6) is 0 Å². The summed E-state index contributed by atoms with van der Waals surface area (Å²) in [7, 11) is 1.26. The first kappa shape index (κ1) is 8.99. The fourth-order valence-electron chi connectivity index (χ4n) is 1.28. The van der Waals surface area contributed by atoms with Gasteiger partial charge in [0.2, 0.25) is 0 Å². The van der Waals surface area contributed by atoms with Crippen molar-refractivity contribution in [2.75, 3.05) is 13.7 Å². The molecule has 12 heavy (non-hydrogen) atoms. The van der Waals surface area contributed by atoms with Gasteiger partial charge < -0.3 is 15.2 Å². The van der Waals surface area contributed by atoms with Crippen molar-refractivity contribution in [3.05, 3.63) is 0 Å². The molecule has 0 amide bonds. The fraction of sp³-hybridized carbons (Fsp3) is 0.714. The van der Waals surface area contributed by atoms with Crippen molar-refractivity contribution >= 4 is 11.9 Å². The van der Waals surface area contributed by atoms with Crippen LogP contribution in [-0.2, 0) is 14.3 Å². The van der Waals surface area contributed by atoms with Gasteiger partial charge in [-0.3, -0.25) is 9.59 Å². The second-order valence-electron chi connectivity index (χ2n) is 2.82. The minimum atomic E-state index is -0.993. The number of esters is 1. The summed E-state index contributed by atoms with van der Waals surface area (Å²) < 4.78 is 4.49. The maximum Gasteiger partial charge on any atom is 0.326 e. The summed E-state index contributed by atoms with van der Waals surface area (Å²) in [5.74, 6) is -1.48. The van der Waals surface area contributed by atoms with Gasteiger partial charge in [-0.05, 0) is 13.0 Å². The van der Waals surface area contributed by atoms with Crippen LogP contribution >= 0.6 is 0 Å². The van der Waals surface area contributed by atoms with Gasteiger partial charge in [0, 0.05) is 0 Å². The second kappa shape index (κ2) is 3.10. The van der Waals surface area contributed by atoms with E-state index in [9.17, 15) is 9.59 Å². The summed E-state index contributed by atoms with van der Waals surface area (Å²) >= 11 is 0. The number of carbonyl (C=O) groups excluding carboxylic acids is 1. The first-order chi connectivity index (χ1) is 5.60. The van der Waals surface area contributed by atoms with Gasteiger partial charge in [0.1, 0.15) is 5.54 Å². The van der Waals surface area contributed by atoms with Crippen molar-refractivity contribution in [1.82, 2.24) is 5.32 Å². The third-order valence-corrected chi connectivity index (χ3v) is 2.04. The van der Waals surface area contributed by atoms with Crippen molar-refractivity contribution in [1.29, 1.82) is 0 Å². The molecule has 1 heterocycles. The molecule has 0 spiro atoms. The first-order valence-electron chi connectivity index (χ1n) is 3.66. The van der Waals surface area contributed by atoms with Crippen molar-refractivity contribution in [2.45, 2.75) is 18.4 Å². The molecular formula is C7H11NO4. The van der Waals surface area contributed by atoms with Gasteiger partial charge in [0.05, 0.1) is 13.5 Å². The molecular weight excluding hydrogens is 162 g/mol. The van der Waals surface area contributed by atoms with Gasteiger partial charge >= 0.3 is 11.9 Å². The maximum absolute atomic E-state index is 11.1. The fourth-order valence-corrected chi connectivity index (χ4v) is 1.28. The average Bonchev–Trinajstić information content (AvgIpc) is 1.95. The standard InChI is InChI=1S/C7H11NO4/c1-12-6(11)7(2-3-8-7)4-5(9)10/h8H,2-4H2,1H3,(H,9,10). The van der Waals surface area contributed by atoms with E-state index in [2.05, 4.69) is 10.1 Å². The van der Waals surface area contributed by atoms with Gasteiger partial charge in [-0.1, -0.05) is 0 Å². The Kier molecular flexibility index (Phi) is 2.32. The molecule has 2 N–H and O–H groups in total. The van der Waals surface area contributed by atoms with E-state index in [4.69, 9.17) is 5.11 Å². The van der Waals surface area contributed by atoms with E-state index >= 15 is 0 Å². The third-order valence-electron chi connectivity index (χ3n) is 2.04. The Bertz CT molecular complexity index is 209. The number of hydrogen-bond acceptors (Lipinski definition) is 4. The topological polar surface area (TPSA) is 75.6 Å². The molecule has 0 aliphatic carbocycles. The van der Waals surface area contributed by atoms with E-state index < -0.39 is 17.5 Å². The van der Waals surface area contributed by atoms with Gasteiger partial charge in [-0.2, -0.15) is 0 Å². The molecule has 1 rings (SSSR count). The lowest BCUT2D eigenvalue weighted by Crippen LogP contribution is -2.63. The zero-order valence-corrected chi connectivity index (χ0v) is 6.79. The zero-order chi connectivity index (χ0) is 9.19. The zero-order valence-electron chi connectivity index (χ0n) is 6.79. The van der Waals surface area contributed by atoms with Crippen LogP contribution in [0.15, 0.2) is 0 Å². The molecule has 1 fully saturated rings. The van der Waals surface area contributed by atoms with Crippen molar-refractivity contribution in [2.24, 2.45) is 0 Å². The molecule has 1 atom stereocenters. The normalized spacial score (nSPS) is 27.4. The number of aliphatic carboxylic acids is 1. The molecule has 5 heteroatoms. The van der Waals surface area contributed by atoms with E-state index in [1.165, 1.54) is 7.11 Å². The number of methoxy groups -OCH3 is 1. The second-order valence-corrected chi connectivity index (χ2v) is 2.82. The van der Waals surface area contributed by atoms with Crippen molar-refractivity contribution in [3.8, 4) is 0 Å². The molecule has 68 valence electrons. The Morgan fingerprint density at radius 1 is 1.67 bits per heavy atom. The highest BCUT2D eigenvalue weighted by molar-refractivity contribution is 5.87. The number of hydrogen-bond donors (Lipinski definition) is 2. The number of carboxylic acids is 1. The van der Waals surface area contributed by atoms with Crippen LogP contribution in [0.2, 0.25) is 0 Å². The number of carboxylic acid groups (broad SMARTS) is 1. The van der Waals surface area contributed by atoms with Crippen molar-refractivity contribution in [3.63, 3.8) is 0 Å². The lowest BCUT2D eigenvalue weighted by molar-refractivity contribution is -0.157. The molecule has 1 aliphatic heterocycles. The van der Waals surface area contributed by atoms with Crippen LogP contribution in [-0.4, -0.2) is 36.2 Å². The molecule has 0 aromatic carbocycles. The summed E-state index contributed by atoms with van der Waals surface area (Å²) in [6, 6.07) is 0. The minimum Gasteiger partial charge on any atom is -0.481 e. The highest BCUT2D eigenvalue weighted by Crippen LogP contribution is 2.24. The van der Waals surface area contributed by atoms with Gasteiger partial charge in [-0.25, -0.2) is 0 Å². The lowest BCUT2D eigenvalue weighted by atomic mass is 9.84. The molecule has 1 aliphatic rings. The third kappa shape index (κ3) is 1.40. The number of rotatable bonds is 3. The molecule has 1 saturated heterocycles. The predicted molar refractivity (Wildman–Crippen MR) is 39.6 cm³/mol. The SMILES string of the molecule is COC(=O)C1(CC(=O)O)CCN1. The quantitative estimate of drug-likeness (QED) is 0.555. The highest BCUT2D eigenvalue weighted by atomic mass is 16.5. The van der Waals surface area contributed by atoms with Crippen LogP contribution in [0, 0.1) is 0 Å². The van der Waals surface area contributed by atoms with Gasteiger partial charge in [0.15, 0.2) is 0 Å². The molecule has 1 unspecified atom stereocenters. The van der Waals surface area contributed by atoms with Crippen LogP contribution in [0.25, 0.3) is 0 Å². The van der Waals surface area contributed by atoms with Gasteiger partial charge in [0.25, 0.3) is 0 Å². The minimum absolute atomic E-state index is 0.209. The number of carbonyl (C=O) groups is 2. The molecule has 0 aromatic heterocycles. The highest BCUT2D eigenvalue weighted by Gasteiger charge is 2.46. The Morgan fingerprint density at radius 3 is 2.50 bits per heavy atom. The number of ether oxygens (including phenoxy) is 1. The van der Waals surface area contributed by atoms with Crippen LogP contribution < -0.4 is 5.32 Å². The molecule has 0 aromatic rings. The average molecular weight is 173 g/mol. The lowest BCUT2D eigenvalue weighted by Gasteiger charge is -2.38. The van der Waals surface area contributed by atoms with E-state index in [1.807, 2.05) is 0 Å². The smallest absolute Gasteiger partial charge is 0.326 e. The molecule has 0 bridgehead atoms. The Hall–Kier alpha value is -1.10. The summed E-state index contributed by atoms with van der Waals surface area (Å²) in [6.45, 7) is 0.669. The van der Waals surface area contributed by atoms with Crippen LogP contribution in [0.1, 0.15) is 12.8 Å². The summed E-state index contributed by atoms with van der Waals surface area (Å²) in [5, 5.41) is 11.3. The van der Waals surface area contributed by atoms with Crippen LogP contribution in [0.3, 0.4) is 0 Å². The van der Waals surface area contributed by atoms with E-state index in [0.29, 0.717) is 13.0 Å². The summed E-state index contributed by atoms with van der Waals surface area (Å²) in [4.78, 5) is 21.5. The number of nitrogens with one attached hydrogen (secondary N) is 1. The Balaban J connectivity index is 2.62.